The van der Waals surface area contributed by atoms with Gasteiger partial charge in [0.25, 0.3) is 0 Å². The Morgan fingerprint density at radius 2 is 1.67 bits per heavy atom. The molecule has 0 bridgehead atoms. The van der Waals surface area contributed by atoms with E-state index in [9.17, 15) is 13.2 Å². The van der Waals surface area contributed by atoms with Crippen molar-refractivity contribution in [3.63, 3.8) is 0 Å². The lowest BCUT2D eigenvalue weighted by molar-refractivity contribution is -0.137. The Morgan fingerprint density at radius 1 is 1.05 bits per heavy atom. The van der Waals surface area contributed by atoms with Crippen LogP contribution in [0, 0.1) is 0 Å². The highest BCUT2D eigenvalue weighted by Gasteiger charge is 2.32. The van der Waals surface area contributed by atoms with Gasteiger partial charge in [-0.25, -0.2) is 4.98 Å². The Hall–Kier alpha value is -2.24. The smallest absolute Gasteiger partial charge is 0.416 e. The topological polar surface area (TPSA) is 25.4 Å². The van der Waals surface area contributed by atoms with Crippen LogP contribution in [0.3, 0.4) is 0 Å². The maximum absolute atomic E-state index is 13.0. The Morgan fingerprint density at radius 3 is 2.14 bits per heavy atom. The lowest BCUT2D eigenvalue weighted by Gasteiger charge is -2.16. The molecule has 0 aliphatic rings. The average Bonchev–Trinajstić information content (AvgIpc) is 2.46. The minimum Gasteiger partial charge on any atom is -0.497 e. The number of benzene rings is 1. The van der Waals surface area contributed by atoms with Crippen LogP contribution in [-0.2, 0) is 6.18 Å². The predicted molar refractivity (Wildman–Crippen MR) is 75.6 cm³/mol. The van der Waals surface area contributed by atoms with E-state index in [1.807, 2.05) is 0 Å². The second kappa shape index (κ2) is 5.63. The molecule has 1 aromatic carbocycles. The van der Waals surface area contributed by atoms with Gasteiger partial charge in [-0.15, -0.1) is 0 Å². The normalized spacial score (nSPS) is 11.3. The third-order valence-corrected chi connectivity index (χ3v) is 2.98. The number of hydrogen-bond acceptors (Lipinski definition) is 3. The first-order valence-corrected chi connectivity index (χ1v) is 6.22. The molecule has 0 saturated carbocycles. The van der Waals surface area contributed by atoms with E-state index in [4.69, 9.17) is 4.74 Å². The van der Waals surface area contributed by atoms with Crippen LogP contribution in [0.2, 0.25) is 0 Å². The number of alkyl halides is 3. The van der Waals surface area contributed by atoms with Gasteiger partial charge in [-0.05, 0) is 36.4 Å². The lowest BCUT2D eigenvalue weighted by atomic mass is 10.1. The van der Waals surface area contributed by atoms with Crippen LogP contribution in [0.15, 0.2) is 36.4 Å². The molecule has 2 aromatic rings. The second-order valence-corrected chi connectivity index (χ2v) is 4.72. The molecule has 2 rings (SSSR count). The van der Waals surface area contributed by atoms with Crippen molar-refractivity contribution >= 4 is 5.82 Å². The van der Waals surface area contributed by atoms with E-state index in [1.54, 1.807) is 43.3 Å². The van der Waals surface area contributed by atoms with Crippen molar-refractivity contribution in [1.82, 2.24) is 4.98 Å². The van der Waals surface area contributed by atoms with Gasteiger partial charge in [0.15, 0.2) is 0 Å². The zero-order valence-corrected chi connectivity index (χ0v) is 11.9. The molecule has 6 heteroatoms. The number of hydrogen-bond donors (Lipinski definition) is 0. The van der Waals surface area contributed by atoms with Crippen LogP contribution in [0.5, 0.6) is 5.75 Å². The summed E-state index contributed by atoms with van der Waals surface area (Å²) in [6.45, 7) is 0. The SMILES string of the molecule is COc1ccc(-c2cc(C(F)(F)F)cc(N(C)C)n2)cc1. The molecule has 0 unspecified atom stereocenters. The zero-order valence-electron chi connectivity index (χ0n) is 11.9. The van der Waals surface area contributed by atoms with Crippen molar-refractivity contribution < 1.29 is 17.9 Å². The Labute approximate surface area is 121 Å². The molecule has 21 heavy (non-hydrogen) atoms. The molecule has 0 radical (unpaired) electrons. The molecule has 0 saturated heterocycles. The molecule has 1 aromatic heterocycles. The van der Waals surface area contributed by atoms with Crippen LogP contribution in [0.4, 0.5) is 19.0 Å². The van der Waals surface area contributed by atoms with Gasteiger partial charge in [-0.3, -0.25) is 0 Å². The summed E-state index contributed by atoms with van der Waals surface area (Å²) >= 11 is 0. The summed E-state index contributed by atoms with van der Waals surface area (Å²) in [4.78, 5) is 5.80. The van der Waals surface area contributed by atoms with Crippen molar-refractivity contribution in [3.05, 3.63) is 42.0 Å². The summed E-state index contributed by atoms with van der Waals surface area (Å²) in [5.41, 5.74) is 0.160. The van der Waals surface area contributed by atoms with E-state index in [2.05, 4.69) is 4.98 Å². The largest absolute Gasteiger partial charge is 0.497 e. The minimum atomic E-state index is -4.41. The van der Waals surface area contributed by atoms with E-state index in [1.165, 1.54) is 7.11 Å². The monoisotopic (exact) mass is 296 g/mol. The minimum absolute atomic E-state index is 0.260. The van der Waals surface area contributed by atoms with Gasteiger partial charge in [-0.1, -0.05) is 0 Å². The average molecular weight is 296 g/mol. The van der Waals surface area contributed by atoms with Crippen molar-refractivity contribution in [3.8, 4) is 17.0 Å². The molecule has 0 fully saturated rings. The zero-order chi connectivity index (χ0) is 15.6. The maximum Gasteiger partial charge on any atom is 0.416 e. The van der Waals surface area contributed by atoms with Crippen molar-refractivity contribution in [2.45, 2.75) is 6.18 Å². The van der Waals surface area contributed by atoms with Gasteiger partial charge >= 0.3 is 6.18 Å². The number of nitrogens with zero attached hydrogens (tertiary/aromatic N) is 2. The first-order valence-electron chi connectivity index (χ1n) is 6.22. The van der Waals surface area contributed by atoms with Gasteiger partial charge in [0.2, 0.25) is 0 Å². The fourth-order valence-electron chi connectivity index (χ4n) is 1.82. The summed E-state index contributed by atoms with van der Waals surface area (Å²) in [6.07, 6.45) is -4.41. The highest BCUT2D eigenvalue weighted by Crippen LogP contribution is 2.34. The number of anilines is 1. The number of aromatic nitrogens is 1. The number of methoxy groups -OCH3 is 1. The van der Waals surface area contributed by atoms with Crippen LogP contribution in [-0.4, -0.2) is 26.2 Å². The summed E-state index contributed by atoms with van der Waals surface area (Å²) < 4.78 is 44.0. The summed E-state index contributed by atoms with van der Waals surface area (Å²) in [6, 6.07) is 8.82. The van der Waals surface area contributed by atoms with Crippen molar-refractivity contribution in [2.24, 2.45) is 0 Å². The van der Waals surface area contributed by atoms with Gasteiger partial charge in [-0.2, -0.15) is 13.2 Å². The standard InChI is InChI=1S/C15H15F3N2O/c1-20(2)14-9-11(15(16,17)18)8-13(19-14)10-4-6-12(21-3)7-5-10/h4-9H,1-3H3. The van der Waals surface area contributed by atoms with Crippen LogP contribution in [0.1, 0.15) is 5.56 Å². The Kier molecular flexibility index (Phi) is 4.06. The highest BCUT2D eigenvalue weighted by molar-refractivity contribution is 5.64. The molecule has 0 aliphatic heterocycles. The van der Waals surface area contributed by atoms with Gasteiger partial charge < -0.3 is 9.64 Å². The second-order valence-electron chi connectivity index (χ2n) is 4.72. The number of pyridine rings is 1. The number of halogens is 3. The molecule has 0 N–H and O–H groups in total. The molecule has 112 valence electrons. The molecular weight excluding hydrogens is 281 g/mol. The number of ether oxygens (including phenoxy) is 1. The third-order valence-electron chi connectivity index (χ3n) is 2.98. The van der Waals surface area contributed by atoms with Gasteiger partial charge in [0, 0.05) is 19.7 Å². The van der Waals surface area contributed by atoms with Gasteiger partial charge in [0.05, 0.1) is 18.4 Å². The van der Waals surface area contributed by atoms with E-state index >= 15 is 0 Å². The van der Waals surface area contributed by atoms with E-state index < -0.39 is 11.7 Å². The Balaban J connectivity index is 2.53. The molecule has 1 heterocycles. The van der Waals surface area contributed by atoms with E-state index in [0.29, 0.717) is 11.3 Å². The summed E-state index contributed by atoms with van der Waals surface area (Å²) in [5, 5.41) is 0. The van der Waals surface area contributed by atoms with Crippen molar-refractivity contribution in [2.75, 3.05) is 26.1 Å². The molecule has 0 spiro atoms. The first kappa shape index (κ1) is 15.2. The lowest BCUT2D eigenvalue weighted by Crippen LogP contribution is -2.14. The number of rotatable bonds is 3. The third kappa shape index (κ3) is 3.45. The molecule has 3 nitrogen and oxygen atoms in total. The van der Waals surface area contributed by atoms with Crippen LogP contribution < -0.4 is 9.64 Å². The first-order chi connectivity index (χ1) is 9.81. The molecular formula is C15H15F3N2O. The van der Waals surface area contributed by atoms with E-state index in [-0.39, 0.29) is 11.5 Å². The molecule has 0 amide bonds. The molecule has 0 aliphatic carbocycles. The highest BCUT2D eigenvalue weighted by atomic mass is 19.4. The molecule has 0 atom stereocenters. The fourth-order valence-corrected chi connectivity index (χ4v) is 1.82. The summed E-state index contributed by atoms with van der Waals surface area (Å²) in [5.74, 6) is 0.897. The Bertz CT molecular complexity index is 622. The fraction of sp³-hybridized carbons (Fsp3) is 0.267. The van der Waals surface area contributed by atoms with Crippen LogP contribution >= 0.6 is 0 Å². The van der Waals surface area contributed by atoms with E-state index in [0.717, 1.165) is 12.1 Å². The van der Waals surface area contributed by atoms with Crippen LogP contribution in [0.25, 0.3) is 11.3 Å². The maximum atomic E-state index is 13.0. The van der Waals surface area contributed by atoms with Crippen molar-refractivity contribution in [1.29, 1.82) is 0 Å². The summed E-state index contributed by atoms with van der Waals surface area (Å²) in [7, 11) is 4.84. The predicted octanol–water partition coefficient (Wildman–Crippen LogP) is 3.84. The van der Waals surface area contributed by atoms with Gasteiger partial charge in [0.1, 0.15) is 11.6 Å². The quantitative estimate of drug-likeness (QED) is 0.860.